The predicted octanol–water partition coefficient (Wildman–Crippen LogP) is 2.39. The first-order chi connectivity index (χ1) is 8.83. The summed E-state index contributed by atoms with van der Waals surface area (Å²) in [6.07, 6.45) is 5.44. The molecule has 2 aromatic heterocycles. The Morgan fingerprint density at radius 3 is 2.84 bits per heavy atom. The molecule has 1 saturated carbocycles. The highest BCUT2D eigenvalue weighted by atomic mass is 35.5. The lowest BCUT2D eigenvalue weighted by atomic mass is 10.4. The molecule has 2 aromatic rings. The summed E-state index contributed by atoms with van der Waals surface area (Å²) >= 11 is 0. The Hall–Kier alpha value is -1.36. The van der Waals surface area contributed by atoms with Crippen molar-refractivity contribution in [2.75, 3.05) is 6.54 Å². The summed E-state index contributed by atoms with van der Waals surface area (Å²) in [6, 6.07) is 0. The molecule has 104 valence electrons. The van der Waals surface area contributed by atoms with Gasteiger partial charge in [-0.05, 0) is 26.2 Å². The van der Waals surface area contributed by atoms with Crippen molar-refractivity contribution in [3.63, 3.8) is 0 Å². The maximum Gasteiger partial charge on any atom is 0.176 e. The van der Waals surface area contributed by atoms with Crippen LogP contribution in [0.1, 0.15) is 44.9 Å². The van der Waals surface area contributed by atoms with Gasteiger partial charge in [-0.1, -0.05) is 6.92 Å². The number of rotatable bonds is 4. The summed E-state index contributed by atoms with van der Waals surface area (Å²) in [6.45, 7) is 5.89. The Labute approximate surface area is 118 Å². The number of aromatic nitrogens is 4. The average Bonchev–Trinajstić information content (AvgIpc) is 3.12. The zero-order valence-corrected chi connectivity index (χ0v) is 12.2. The van der Waals surface area contributed by atoms with E-state index in [1.807, 2.05) is 13.3 Å². The molecule has 0 unspecified atom stereocenters. The summed E-state index contributed by atoms with van der Waals surface area (Å²) < 4.78 is 2.12. The van der Waals surface area contributed by atoms with Gasteiger partial charge in [0.15, 0.2) is 11.1 Å². The smallest absolute Gasteiger partial charge is 0.176 e. The number of nitrogens with one attached hydrogen (secondary N) is 1. The molecule has 1 fully saturated rings. The molecule has 5 nitrogen and oxygen atoms in total. The monoisotopic (exact) mass is 281 g/mol. The molecule has 0 aliphatic heterocycles. The highest BCUT2D eigenvalue weighted by molar-refractivity contribution is 5.85. The van der Waals surface area contributed by atoms with Gasteiger partial charge in [-0.2, -0.15) is 0 Å². The lowest BCUT2D eigenvalue weighted by molar-refractivity contribution is 0.676. The molecular formula is C13H20ClN5. The van der Waals surface area contributed by atoms with Gasteiger partial charge in [0.05, 0.1) is 6.33 Å². The number of imidazole rings is 1. The zero-order chi connectivity index (χ0) is 12.5. The first-order valence-electron chi connectivity index (χ1n) is 6.79. The van der Waals surface area contributed by atoms with Gasteiger partial charge in [0, 0.05) is 19.0 Å². The number of hydrogen-bond acceptors (Lipinski definition) is 3. The van der Waals surface area contributed by atoms with Crippen molar-refractivity contribution in [3.8, 4) is 0 Å². The summed E-state index contributed by atoms with van der Waals surface area (Å²) in [5, 5.41) is 0. The molecule has 1 N–H and O–H groups in total. The van der Waals surface area contributed by atoms with Crippen LogP contribution >= 0.6 is 12.4 Å². The van der Waals surface area contributed by atoms with Crippen molar-refractivity contribution in [2.24, 2.45) is 4.99 Å². The second-order valence-corrected chi connectivity index (χ2v) is 4.83. The maximum absolute atomic E-state index is 4.74. The number of aryl methyl sites for hydroxylation is 1. The van der Waals surface area contributed by atoms with Gasteiger partial charge in [-0.3, -0.25) is 4.99 Å². The van der Waals surface area contributed by atoms with Crippen molar-refractivity contribution < 1.29 is 0 Å². The number of aromatic amines is 1. The molecule has 0 amide bonds. The van der Waals surface area contributed by atoms with Crippen LogP contribution in [0.15, 0.2) is 11.3 Å². The van der Waals surface area contributed by atoms with Crippen LogP contribution in [0.2, 0.25) is 0 Å². The van der Waals surface area contributed by atoms with Crippen molar-refractivity contribution in [1.82, 2.24) is 19.5 Å². The molecule has 3 rings (SSSR count). The summed E-state index contributed by atoms with van der Waals surface area (Å²) in [7, 11) is 0. The lowest BCUT2D eigenvalue weighted by Gasteiger charge is -2.04. The van der Waals surface area contributed by atoms with Crippen LogP contribution < -0.4 is 5.49 Å². The van der Waals surface area contributed by atoms with Gasteiger partial charge < -0.3 is 9.55 Å². The molecule has 0 aromatic carbocycles. The fourth-order valence-electron chi connectivity index (χ4n) is 2.21. The van der Waals surface area contributed by atoms with Crippen molar-refractivity contribution in [2.45, 2.75) is 45.6 Å². The minimum atomic E-state index is 0. The second kappa shape index (κ2) is 5.74. The van der Waals surface area contributed by atoms with Crippen LogP contribution in [-0.4, -0.2) is 26.1 Å². The van der Waals surface area contributed by atoms with Gasteiger partial charge >= 0.3 is 0 Å². The van der Waals surface area contributed by atoms with E-state index in [-0.39, 0.29) is 12.4 Å². The second-order valence-electron chi connectivity index (χ2n) is 4.83. The predicted molar refractivity (Wildman–Crippen MR) is 77.5 cm³/mol. The molecule has 1 aliphatic carbocycles. The normalized spacial score (nSPS) is 15.8. The van der Waals surface area contributed by atoms with Gasteiger partial charge in [0.1, 0.15) is 11.3 Å². The average molecular weight is 282 g/mol. The highest BCUT2D eigenvalue weighted by Gasteiger charge is 2.27. The quantitative estimate of drug-likeness (QED) is 0.935. The number of hydrogen-bond donors (Lipinski definition) is 1. The van der Waals surface area contributed by atoms with E-state index in [1.165, 1.54) is 12.8 Å². The molecule has 6 heteroatoms. The maximum atomic E-state index is 4.74. The molecule has 2 heterocycles. The molecule has 19 heavy (non-hydrogen) atoms. The van der Waals surface area contributed by atoms with Crippen LogP contribution in [0.25, 0.3) is 11.2 Å². The van der Waals surface area contributed by atoms with Crippen LogP contribution in [0.4, 0.5) is 0 Å². The van der Waals surface area contributed by atoms with Crippen LogP contribution in [0.3, 0.4) is 0 Å². The molecule has 0 spiro atoms. The Morgan fingerprint density at radius 2 is 2.21 bits per heavy atom. The van der Waals surface area contributed by atoms with Crippen molar-refractivity contribution in [3.05, 3.63) is 17.6 Å². The van der Waals surface area contributed by atoms with E-state index in [9.17, 15) is 0 Å². The zero-order valence-electron chi connectivity index (χ0n) is 11.4. The SMILES string of the molecule is CCCn1cnc(=NCC)c2[nH]c(C3CC3)nc21.Cl. The van der Waals surface area contributed by atoms with Gasteiger partial charge in [-0.15, -0.1) is 12.4 Å². The topological polar surface area (TPSA) is 58.9 Å². The number of H-pyrrole nitrogens is 1. The first kappa shape index (κ1) is 14.1. The van der Waals surface area contributed by atoms with E-state index >= 15 is 0 Å². The van der Waals surface area contributed by atoms with Crippen LogP contribution in [0, 0.1) is 0 Å². The fraction of sp³-hybridized carbons (Fsp3) is 0.615. The highest BCUT2D eigenvalue weighted by Crippen LogP contribution is 2.38. The Balaban J connectivity index is 0.00000133. The van der Waals surface area contributed by atoms with Crippen molar-refractivity contribution >= 4 is 23.6 Å². The Bertz CT molecular complexity index is 623. The third kappa shape index (κ3) is 2.66. The van der Waals surface area contributed by atoms with E-state index in [0.29, 0.717) is 5.92 Å². The minimum Gasteiger partial charge on any atom is -0.337 e. The van der Waals surface area contributed by atoms with Gasteiger partial charge in [0.25, 0.3) is 0 Å². The van der Waals surface area contributed by atoms with E-state index in [2.05, 4.69) is 26.5 Å². The van der Waals surface area contributed by atoms with Gasteiger partial charge in [0.2, 0.25) is 0 Å². The standard InChI is InChI=1S/C13H19N5.ClH/c1-3-7-18-8-15-12(14-4-2)10-13(18)17-11(16-10)9-5-6-9;/h8-9H,3-7H2,1-2H3,(H,16,17);1H. The van der Waals surface area contributed by atoms with E-state index in [1.54, 1.807) is 0 Å². The molecule has 1 aliphatic rings. The number of halogens is 1. The van der Waals surface area contributed by atoms with E-state index in [4.69, 9.17) is 4.98 Å². The molecule has 0 saturated heterocycles. The number of nitrogens with zero attached hydrogens (tertiary/aromatic N) is 4. The largest absolute Gasteiger partial charge is 0.337 e. The van der Waals surface area contributed by atoms with E-state index in [0.717, 1.165) is 42.0 Å². The minimum absolute atomic E-state index is 0. The number of fused-ring (bicyclic) bond motifs is 1. The van der Waals surface area contributed by atoms with Gasteiger partial charge in [-0.25, -0.2) is 9.97 Å². The van der Waals surface area contributed by atoms with Crippen LogP contribution in [-0.2, 0) is 6.54 Å². The third-order valence-corrected chi connectivity index (χ3v) is 3.25. The van der Waals surface area contributed by atoms with Crippen LogP contribution in [0.5, 0.6) is 0 Å². The molecule has 0 atom stereocenters. The summed E-state index contributed by atoms with van der Waals surface area (Å²) in [5.41, 5.74) is 2.79. The Morgan fingerprint density at radius 1 is 1.42 bits per heavy atom. The van der Waals surface area contributed by atoms with E-state index < -0.39 is 0 Å². The summed E-state index contributed by atoms with van der Waals surface area (Å²) in [5.74, 6) is 1.73. The third-order valence-electron chi connectivity index (χ3n) is 3.25. The molecule has 0 radical (unpaired) electrons. The fourth-order valence-corrected chi connectivity index (χ4v) is 2.21. The Kier molecular flexibility index (Phi) is 4.24. The lowest BCUT2D eigenvalue weighted by Crippen LogP contribution is -2.14. The molecule has 0 bridgehead atoms. The van der Waals surface area contributed by atoms with Crippen molar-refractivity contribution in [1.29, 1.82) is 0 Å². The molecular weight excluding hydrogens is 262 g/mol. The first-order valence-corrected chi connectivity index (χ1v) is 6.79. The summed E-state index contributed by atoms with van der Waals surface area (Å²) in [4.78, 5) is 17.0.